The van der Waals surface area contributed by atoms with Gasteiger partial charge in [-0.2, -0.15) is 0 Å². The maximum Gasteiger partial charge on any atom is 0.409 e. The normalized spacial score (nSPS) is 30.2. The Labute approximate surface area is 110 Å². The molecule has 1 aliphatic heterocycles. The van der Waals surface area contributed by atoms with Gasteiger partial charge in [0.15, 0.2) is 0 Å². The molecule has 1 saturated heterocycles. The lowest BCUT2D eigenvalue weighted by Gasteiger charge is -2.41. The third-order valence-electron chi connectivity index (χ3n) is 4.27. The third kappa shape index (κ3) is 3.37. The summed E-state index contributed by atoms with van der Waals surface area (Å²) in [6.45, 7) is 8.36. The van der Waals surface area contributed by atoms with Gasteiger partial charge in [-0.05, 0) is 25.7 Å². The Morgan fingerprint density at radius 2 is 1.94 bits per heavy atom. The van der Waals surface area contributed by atoms with E-state index in [1.807, 2.05) is 11.8 Å². The van der Waals surface area contributed by atoms with Crippen molar-refractivity contribution < 1.29 is 9.53 Å². The molecular weight excluding hydrogens is 228 g/mol. The highest BCUT2D eigenvalue weighted by Crippen LogP contribution is 2.27. The number of carbonyl (C=O) groups is 1. The number of ether oxygens (including phenoxy) is 1. The van der Waals surface area contributed by atoms with Crippen molar-refractivity contribution >= 4 is 6.09 Å². The number of nitrogens with zero attached hydrogens (tertiary/aromatic N) is 2. The quantitative estimate of drug-likeness (QED) is 0.758. The molecule has 0 N–H and O–H groups in total. The van der Waals surface area contributed by atoms with Gasteiger partial charge in [0, 0.05) is 32.2 Å². The van der Waals surface area contributed by atoms with Crippen LogP contribution in [0, 0.1) is 5.92 Å². The van der Waals surface area contributed by atoms with Gasteiger partial charge >= 0.3 is 6.09 Å². The summed E-state index contributed by atoms with van der Waals surface area (Å²) in [5, 5.41) is 0. The molecule has 0 bridgehead atoms. The fourth-order valence-electron chi connectivity index (χ4n) is 3.22. The summed E-state index contributed by atoms with van der Waals surface area (Å²) in [5.41, 5.74) is 0. The van der Waals surface area contributed by atoms with Crippen molar-refractivity contribution in [1.82, 2.24) is 9.80 Å². The first-order chi connectivity index (χ1) is 8.70. The Morgan fingerprint density at radius 3 is 2.56 bits per heavy atom. The van der Waals surface area contributed by atoms with Crippen LogP contribution in [0.2, 0.25) is 0 Å². The van der Waals surface area contributed by atoms with E-state index in [4.69, 9.17) is 4.74 Å². The van der Waals surface area contributed by atoms with Crippen LogP contribution in [0.1, 0.15) is 39.5 Å². The monoisotopic (exact) mass is 254 g/mol. The second kappa shape index (κ2) is 6.41. The van der Waals surface area contributed by atoms with Crippen molar-refractivity contribution in [2.24, 2.45) is 5.92 Å². The molecule has 2 unspecified atom stereocenters. The molecule has 0 spiro atoms. The Morgan fingerprint density at radius 1 is 1.22 bits per heavy atom. The average molecular weight is 254 g/mol. The molecule has 1 saturated carbocycles. The zero-order chi connectivity index (χ0) is 13.0. The Hall–Kier alpha value is -0.770. The van der Waals surface area contributed by atoms with E-state index in [0.29, 0.717) is 6.61 Å². The second-order valence-electron chi connectivity index (χ2n) is 5.65. The van der Waals surface area contributed by atoms with Gasteiger partial charge in [0.05, 0.1) is 6.61 Å². The molecule has 2 fully saturated rings. The van der Waals surface area contributed by atoms with Gasteiger partial charge in [0.1, 0.15) is 0 Å². The Bertz CT molecular complexity index is 275. The molecule has 2 rings (SSSR count). The standard InChI is InChI=1S/C14H26N2O2/c1-3-18-14(17)16-9-7-15(8-10-16)13-6-4-5-12(2)11-13/h12-13H,3-11H2,1-2H3. The molecule has 104 valence electrons. The summed E-state index contributed by atoms with van der Waals surface area (Å²) in [5.74, 6) is 0.867. The fourth-order valence-corrected chi connectivity index (χ4v) is 3.22. The highest BCUT2D eigenvalue weighted by Gasteiger charge is 2.29. The molecule has 2 atom stereocenters. The minimum absolute atomic E-state index is 0.144. The predicted octanol–water partition coefficient (Wildman–Crippen LogP) is 2.34. The van der Waals surface area contributed by atoms with Crippen molar-refractivity contribution in [1.29, 1.82) is 0 Å². The van der Waals surface area contributed by atoms with Crippen LogP contribution in [0.3, 0.4) is 0 Å². The van der Waals surface area contributed by atoms with Gasteiger partial charge in [-0.25, -0.2) is 4.79 Å². The molecule has 18 heavy (non-hydrogen) atoms. The maximum atomic E-state index is 11.6. The van der Waals surface area contributed by atoms with Crippen LogP contribution in [0.5, 0.6) is 0 Å². The minimum Gasteiger partial charge on any atom is -0.450 e. The molecule has 1 amide bonds. The molecular formula is C14H26N2O2. The zero-order valence-corrected chi connectivity index (χ0v) is 11.7. The lowest BCUT2D eigenvalue weighted by Crippen LogP contribution is -2.52. The molecule has 0 aromatic heterocycles. The van der Waals surface area contributed by atoms with Crippen LogP contribution in [0.25, 0.3) is 0 Å². The largest absolute Gasteiger partial charge is 0.450 e. The number of amides is 1. The van der Waals surface area contributed by atoms with E-state index in [9.17, 15) is 4.79 Å². The summed E-state index contributed by atoms with van der Waals surface area (Å²) in [4.78, 5) is 16.0. The van der Waals surface area contributed by atoms with Gasteiger partial charge in [0.2, 0.25) is 0 Å². The summed E-state index contributed by atoms with van der Waals surface area (Å²) >= 11 is 0. The molecule has 2 aliphatic rings. The van der Waals surface area contributed by atoms with Gasteiger partial charge in [-0.3, -0.25) is 4.90 Å². The topological polar surface area (TPSA) is 32.8 Å². The van der Waals surface area contributed by atoms with E-state index in [-0.39, 0.29) is 6.09 Å². The van der Waals surface area contributed by atoms with E-state index in [1.165, 1.54) is 25.7 Å². The van der Waals surface area contributed by atoms with Crippen molar-refractivity contribution in [3.8, 4) is 0 Å². The van der Waals surface area contributed by atoms with Gasteiger partial charge in [-0.15, -0.1) is 0 Å². The molecule has 1 heterocycles. The zero-order valence-electron chi connectivity index (χ0n) is 11.7. The number of hydrogen-bond donors (Lipinski definition) is 0. The van der Waals surface area contributed by atoms with E-state index < -0.39 is 0 Å². The SMILES string of the molecule is CCOC(=O)N1CCN(C2CCCC(C)C2)CC1. The number of piperazine rings is 1. The van der Waals surface area contributed by atoms with Crippen LogP contribution in [0.4, 0.5) is 4.79 Å². The number of rotatable bonds is 2. The van der Waals surface area contributed by atoms with Crippen LogP contribution in [-0.4, -0.2) is 54.7 Å². The van der Waals surface area contributed by atoms with Gasteiger partial charge in [-0.1, -0.05) is 19.8 Å². The van der Waals surface area contributed by atoms with E-state index in [0.717, 1.165) is 38.1 Å². The lowest BCUT2D eigenvalue weighted by atomic mass is 9.86. The van der Waals surface area contributed by atoms with Crippen molar-refractivity contribution in [3.05, 3.63) is 0 Å². The minimum atomic E-state index is -0.144. The number of hydrogen-bond acceptors (Lipinski definition) is 3. The molecule has 0 radical (unpaired) electrons. The highest BCUT2D eigenvalue weighted by atomic mass is 16.6. The molecule has 4 nitrogen and oxygen atoms in total. The molecule has 0 aromatic rings. The highest BCUT2D eigenvalue weighted by molar-refractivity contribution is 5.67. The van der Waals surface area contributed by atoms with Crippen LogP contribution in [0.15, 0.2) is 0 Å². The van der Waals surface area contributed by atoms with Crippen molar-refractivity contribution in [3.63, 3.8) is 0 Å². The summed E-state index contributed by atoms with van der Waals surface area (Å²) in [6.07, 6.45) is 5.28. The third-order valence-corrected chi connectivity index (χ3v) is 4.27. The van der Waals surface area contributed by atoms with Crippen LogP contribution >= 0.6 is 0 Å². The summed E-state index contributed by atoms with van der Waals surface area (Å²) in [7, 11) is 0. The first-order valence-corrected chi connectivity index (χ1v) is 7.36. The lowest BCUT2D eigenvalue weighted by molar-refractivity contribution is 0.0528. The van der Waals surface area contributed by atoms with E-state index >= 15 is 0 Å². The first-order valence-electron chi connectivity index (χ1n) is 7.36. The van der Waals surface area contributed by atoms with Crippen molar-refractivity contribution in [2.45, 2.75) is 45.6 Å². The van der Waals surface area contributed by atoms with Gasteiger partial charge < -0.3 is 9.64 Å². The predicted molar refractivity (Wildman–Crippen MR) is 71.6 cm³/mol. The fraction of sp³-hybridized carbons (Fsp3) is 0.929. The number of carbonyl (C=O) groups excluding carboxylic acids is 1. The Kier molecular flexibility index (Phi) is 4.87. The summed E-state index contributed by atoms with van der Waals surface area (Å²) in [6, 6.07) is 0.748. The molecule has 0 aromatic carbocycles. The smallest absolute Gasteiger partial charge is 0.409 e. The second-order valence-corrected chi connectivity index (χ2v) is 5.65. The average Bonchev–Trinajstić information content (AvgIpc) is 2.39. The molecule has 1 aliphatic carbocycles. The van der Waals surface area contributed by atoms with E-state index in [2.05, 4.69) is 11.8 Å². The van der Waals surface area contributed by atoms with Crippen LogP contribution in [-0.2, 0) is 4.74 Å². The van der Waals surface area contributed by atoms with Gasteiger partial charge in [0.25, 0.3) is 0 Å². The van der Waals surface area contributed by atoms with Crippen molar-refractivity contribution in [2.75, 3.05) is 32.8 Å². The van der Waals surface area contributed by atoms with Crippen LogP contribution < -0.4 is 0 Å². The summed E-state index contributed by atoms with van der Waals surface area (Å²) < 4.78 is 5.05. The molecule has 4 heteroatoms. The first kappa shape index (κ1) is 13.7. The van der Waals surface area contributed by atoms with E-state index in [1.54, 1.807) is 0 Å². The maximum absolute atomic E-state index is 11.6. The Balaban J connectivity index is 1.77.